The van der Waals surface area contributed by atoms with Gasteiger partial charge in [-0.1, -0.05) is 0 Å². The monoisotopic (exact) mass is 362 g/mol. The van der Waals surface area contributed by atoms with E-state index in [0.29, 0.717) is 5.75 Å². The summed E-state index contributed by atoms with van der Waals surface area (Å²) in [6.07, 6.45) is 0.0728. The van der Waals surface area contributed by atoms with Crippen molar-refractivity contribution in [2.75, 3.05) is 20.3 Å². The lowest BCUT2D eigenvalue weighted by molar-refractivity contribution is -0.152. The molecule has 0 aromatic heterocycles. The second-order valence-electron chi connectivity index (χ2n) is 6.25. The summed E-state index contributed by atoms with van der Waals surface area (Å²) in [5.74, 6) is -2.06. The molecule has 1 aromatic rings. The number of esters is 1. The Morgan fingerprint density at radius 1 is 1.23 bits per heavy atom. The first-order valence-corrected chi connectivity index (χ1v) is 8.26. The fourth-order valence-electron chi connectivity index (χ4n) is 2.62. The van der Waals surface area contributed by atoms with Crippen molar-refractivity contribution in [1.29, 1.82) is 0 Å². The molecule has 1 aromatic carbocycles. The molecule has 2 rings (SSSR count). The van der Waals surface area contributed by atoms with Gasteiger partial charge in [-0.3, -0.25) is 24.5 Å². The average molecular weight is 362 g/mol. The molecule has 8 nitrogen and oxygen atoms in total. The molecular formula is C18H22N2O6. The zero-order valence-corrected chi connectivity index (χ0v) is 15.0. The summed E-state index contributed by atoms with van der Waals surface area (Å²) >= 11 is 0. The number of benzene rings is 1. The Balaban J connectivity index is 1.80. The molecule has 1 aliphatic heterocycles. The predicted octanol–water partition coefficient (Wildman–Crippen LogP) is 0.752. The Kier molecular flexibility index (Phi) is 6.32. The van der Waals surface area contributed by atoms with Gasteiger partial charge in [0.15, 0.2) is 6.61 Å². The molecule has 8 heteroatoms. The standard InChI is InChI=1S/C18H22N2O6/c1-11(2)20-9-13(8-16(20)22)18(24)26-10-15(21)19-17(23)12-4-6-14(25-3)7-5-12/h4-7,11,13H,8-10H2,1-3H3,(H,19,21,23). The predicted molar refractivity (Wildman–Crippen MR) is 91.4 cm³/mol. The highest BCUT2D eigenvalue weighted by Gasteiger charge is 2.36. The van der Waals surface area contributed by atoms with Crippen LogP contribution < -0.4 is 10.1 Å². The number of nitrogens with zero attached hydrogens (tertiary/aromatic N) is 1. The van der Waals surface area contributed by atoms with Crippen LogP contribution in [0.25, 0.3) is 0 Å². The van der Waals surface area contributed by atoms with Gasteiger partial charge in [0.25, 0.3) is 11.8 Å². The number of amides is 3. The Morgan fingerprint density at radius 2 is 1.88 bits per heavy atom. The summed E-state index contributed by atoms with van der Waals surface area (Å²) < 4.78 is 9.93. The van der Waals surface area contributed by atoms with Crippen LogP contribution in [0.15, 0.2) is 24.3 Å². The van der Waals surface area contributed by atoms with Crippen molar-refractivity contribution in [2.24, 2.45) is 5.92 Å². The maximum atomic E-state index is 12.0. The maximum Gasteiger partial charge on any atom is 0.311 e. The molecule has 3 amide bonds. The summed E-state index contributed by atoms with van der Waals surface area (Å²) in [7, 11) is 1.51. The van der Waals surface area contributed by atoms with E-state index < -0.39 is 30.3 Å². The van der Waals surface area contributed by atoms with E-state index in [2.05, 4.69) is 5.32 Å². The molecule has 0 bridgehead atoms. The lowest BCUT2D eigenvalue weighted by Gasteiger charge is -2.20. The van der Waals surface area contributed by atoms with Gasteiger partial charge in [0.1, 0.15) is 5.75 Å². The number of methoxy groups -OCH3 is 1. The molecule has 1 N–H and O–H groups in total. The van der Waals surface area contributed by atoms with E-state index in [4.69, 9.17) is 9.47 Å². The third kappa shape index (κ3) is 4.81. The molecule has 1 heterocycles. The molecule has 0 spiro atoms. The van der Waals surface area contributed by atoms with Gasteiger partial charge in [0, 0.05) is 24.6 Å². The summed E-state index contributed by atoms with van der Waals surface area (Å²) in [5.41, 5.74) is 0.277. The molecule has 1 unspecified atom stereocenters. The molecule has 1 saturated heterocycles. The van der Waals surface area contributed by atoms with Gasteiger partial charge in [0.2, 0.25) is 5.91 Å². The molecule has 26 heavy (non-hydrogen) atoms. The van der Waals surface area contributed by atoms with Gasteiger partial charge >= 0.3 is 5.97 Å². The van der Waals surface area contributed by atoms with Crippen molar-refractivity contribution in [1.82, 2.24) is 10.2 Å². The second kappa shape index (κ2) is 8.46. The van der Waals surface area contributed by atoms with Gasteiger partial charge in [-0.05, 0) is 38.1 Å². The third-order valence-corrected chi connectivity index (χ3v) is 4.07. The van der Waals surface area contributed by atoms with E-state index in [1.807, 2.05) is 13.8 Å². The normalized spacial score (nSPS) is 16.5. The molecule has 1 atom stereocenters. The summed E-state index contributed by atoms with van der Waals surface area (Å²) in [6, 6.07) is 6.22. The third-order valence-electron chi connectivity index (χ3n) is 4.07. The highest BCUT2D eigenvalue weighted by Crippen LogP contribution is 2.21. The van der Waals surface area contributed by atoms with Crippen molar-refractivity contribution >= 4 is 23.7 Å². The van der Waals surface area contributed by atoms with Crippen LogP contribution in [-0.2, 0) is 19.1 Å². The minimum Gasteiger partial charge on any atom is -0.497 e. The molecular weight excluding hydrogens is 340 g/mol. The number of carbonyl (C=O) groups is 4. The van der Waals surface area contributed by atoms with Crippen molar-refractivity contribution in [3.8, 4) is 5.75 Å². The number of nitrogens with one attached hydrogen (secondary N) is 1. The highest BCUT2D eigenvalue weighted by molar-refractivity contribution is 6.05. The average Bonchev–Trinajstić information content (AvgIpc) is 3.01. The Bertz CT molecular complexity index is 698. The second-order valence-corrected chi connectivity index (χ2v) is 6.25. The van der Waals surface area contributed by atoms with Crippen molar-refractivity contribution < 1.29 is 28.7 Å². The summed E-state index contributed by atoms with van der Waals surface area (Å²) in [4.78, 5) is 49.2. The quantitative estimate of drug-likeness (QED) is 0.750. The minimum absolute atomic E-state index is 0.00529. The van der Waals surface area contributed by atoms with Crippen molar-refractivity contribution in [3.05, 3.63) is 29.8 Å². The van der Waals surface area contributed by atoms with E-state index in [1.54, 1.807) is 17.0 Å². The van der Waals surface area contributed by atoms with E-state index >= 15 is 0 Å². The number of carbonyl (C=O) groups excluding carboxylic acids is 4. The van der Waals surface area contributed by atoms with Gasteiger partial charge < -0.3 is 14.4 Å². The Hall–Kier alpha value is -2.90. The SMILES string of the molecule is COc1ccc(C(=O)NC(=O)COC(=O)C2CC(=O)N(C(C)C)C2)cc1. The molecule has 1 fully saturated rings. The molecule has 0 aliphatic carbocycles. The summed E-state index contributed by atoms with van der Waals surface area (Å²) in [6.45, 7) is 3.43. The first kappa shape index (κ1) is 19.4. The smallest absolute Gasteiger partial charge is 0.311 e. The highest BCUT2D eigenvalue weighted by atomic mass is 16.5. The van der Waals surface area contributed by atoms with Crippen LogP contribution in [-0.4, -0.2) is 54.9 Å². The lowest BCUT2D eigenvalue weighted by atomic mass is 10.1. The van der Waals surface area contributed by atoms with E-state index in [-0.39, 0.29) is 30.5 Å². The fourth-order valence-corrected chi connectivity index (χ4v) is 2.62. The summed E-state index contributed by atoms with van der Waals surface area (Å²) in [5, 5.41) is 2.14. The van der Waals surface area contributed by atoms with Crippen LogP contribution in [0.1, 0.15) is 30.6 Å². The minimum atomic E-state index is -0.732. The van der Waals surface area contributed by atoms with E-state index in [1.165, 1.54) is 19.2 Å². The lowest BCUT2D eigenvalue weighted by Crippen LogP contribution is -2.35. The number of likely N-dealkylation sites (tertiary alicyclic amines) is 1. The van der Waals surface area contributed by atoms with Gasteiger partial charge in [-0.15, -0.1) is 0 Å². The van der Waals surface area contributed by atoms with Crippen molar-refractivity contribution in [2.45, 2.75) is 26.3 Å². The zero-order chi connectivity index (χ0) is 19.3. The van der Waals surface area contributed by atoms with Crippen LogP contribution in [0.3, 0.4) is 0 Å². The molecule has 1 aliphatic rings. The number of hydrogen-bond acceptors (Lipinski definition) is 6. The Morgan fingerprint density at radius 3 is 2.42 bits per heavy atom. The zero-order valence-electron chi connectivity index (χ0n) is 15.0. The molecule has 0 saturated carbocycles. The topological polar surface area (TPSA) is 102 Å². The number of ether oxygens (including phenoxy) is 2. The van der Waals surface area contributed by atoms with Crippen LogP contribution in [0.4, 0.5) is 0 Å². The van der Waals surface area contributed by atoms with Gasteiger partial charge in [-0.25, -0.2) is 0 Å². The fraction of sp³-hybridized carbons (Fsp3) is 0.444. The van der Waals surface area contributed by atoms with E-state index in [0.717, 1.165) is 0 Å². The number of imide groups is 1. The van der Waals surface area contributed by atoms with Gasteiger partial charge in [0.05, 0.1) is 13.0 Å². The molecule has 0 radical (unpaired) electrons. The van der Waals surface area contributed by atoms with E-state index in [9.17, 15) is 19.2 Å². The van der Waals surface area contributed by atoms with Gasteiger partial charge in [-0.2, -0.15) is 0 Å². The van der Waals surface area contributed by atoms with Crippen LogP contribution >= 0.6 is 0 Å². The largest absolute Gasteiger partial charge is 0.497 e. The first-order valence-electron chi connectivity index (χ1n) is 8.26. The Labute approximate surface area is 151 Å². The molecule has 140 valence electrons. The first-order chi connectivity index (χ1) is 12.3. The van der Waals surface area contributed by atoms with Crippen LogP contribution in [0.2, 0.25) is 0 Å². The maximum absolute atomic E-state index is 12.0. The number of hydrogen-bond donors (Lipinski definition) is 1. The number of rotatable bonds is 6. The van der Waals surface area contributed by atoms with Crippen LogP contribution in [0, 0.1) is 5.92 Å². The van der Waals surface area contributed by atoms with Crippen molar-refractivity contribution in [3.63, 3.8) is 0 Å². The van der Waals surface area contributed by atoms with Crippen LogP contribution in [0.5, 0.6) is 5.75 Å².